The van der Waals surface area contributed by atoms with Crippen molar-refractivity contribution in [3.8, 4) is 0 Å². The summed E-state index contributed by atoms with van der Waals surface area (Å²) in [7, 11) is 0. The van der Waals surface area contributed by atoms with E-state index in [1.165, 1.54) is 0 Å². The van der Waals surface area contributed by atoms with Crippen LogP contribution in [0.15, 0.2) is 24.3 Å². The molecule has 1 aromatic rings. The van der Waals surface area contributed by atoms with E-state index in [1.807, 2.05) is 30.4 Å². The lowest BCUT2D eigenvalue weighted by molar-refractivity contribution is 0.0682. The number of hydrogen-bond acceptors (Lipinski definition) is 3. The van der Waals surface area contributed by atoms with Crippen LogP contribution in [0.5, 0.6) is 0 Å². The van der Waals surface area contributed by atoms with Gasteiger partial charge in [-0.05, 0) is 37.5 Å². The molecule has 0 spiro atoms. The van der Waals surface area contributed by atoms with Gasteiger partial charge in [0, 0.05) is 0 Å². The maximum absolute atomic E-state index is 10.8. The van der Waals surface area contributed by atoms with Gasteiger partial charge < -0.3 is 10.2 Å². The van der Waals surface area contributed by atoms with Gasteiger partial charge in [0.2, 0.25) is 0 Å². The summed E-state index contributed by atoms with van der Waals surface area (Å²) in [6.07, 6.45) is 10.7. The molecule has 1 aromatic heterocycles. The topological polar surface area (TPSA) is 53.4 Å². The van der Waals surface area contributed by atoms with Crippen LogP contribution in [0, 0.1) is 0 Å². The van der Waals surface area contributed by atoms with Gasteiger partial charge in [0.1, 0.15) is 0 Å². The summed E-state index contributed by atoms with van der Waals surface area (Å²) in [5.74, 6) is 0. The van der Waals surface area contributed by atoms with E-state index in [2.05, 4.69) is 25.8 Å². The highest BCUT2D eigenvalue weighted by Gasteiger charge is 2.21. The Labute approximate surface area is 141 Å². The van der Waals surface area contributed by atoms with E-state index >= 15 is 0 Å². The zero-order valence-corrected chi connectivity index (χ0v) is 15.0. The van der Waals surface area contributed by atoms with E-state index in [9.17, 15) is 10.2 Å². The number of aliphatic hydroxyl groups is 2. The third-order valence-corrected chi connectivity index (χ3v) is 4.19. The number of nitrogens with zero attached hydrogens (tertiary/aromatic N) is 1. The summed E-state index contributed by atoms with van der Waals surface area (Å²) < 4.78 is 0. The minimum Gasteiger partial charge on any atom is -0.387 e. The molecule has 1 heterocycles. The first-order valence-electron chi connectivity index (χ1n) is 9.11. The first-order chi connectivity index (χ1) is 11.0. The maximum Gasteiger partial charge on any atom is 0.0959 e. The number of unbranched alkanes of at least 4 members (excludes halogenated alkanes) is 2. The largest absolute Gasteiger partial charge is 0.387 e. The number of hydrogen-bond donors (Lipinski definition) is 2. The van der Waals surface area contributed by atoms with E-state index in [4.69, 9.17) is 0 Å². The van der Waals surface area contributed by atoms with Crippen molar-refractivity contribution in [2.45, 2.75) is 83.8 Å². The SMILES string of the molecule is CCCCC(O)(/C=C/c1cccc([C@H](O)CCC)n1)CCCC. The number of pyridine rings is 1. The molecule has 0 unspecified atom stereocenters. The highest BCUT2D eigenvalue weighted by molar-refractivity contribution is 5.46. The Morgan fingerprint density at radius 2 is 1.74 bits per heavy atom. The smallest absolute Gasteiger partial charge is 0.0959 e. The van der Waals surface area contributed by atoms with Crippen LogP contribution in [-0.2, 0) is 0 Å². The summed E-state index contributed by atoms with van der Waals surface area (Å²) in [5, 5.41) is 20.9. The van der Waals surface area contributed by atoms with Gasteiger partial charge in [-0.15, -0.1) is 0 Å². The molecule has 0 amide bonds. The molecular formula is C20H33NO2. The quantitative estimate of drug-likeness (QED) is 0.601. The van der Waals surface area contributed by atoms with Gasteiger partial charge in [0.25, 0.3) is 0 Å². The predicted molar refractivity (Wildman–Crippen MR) is 97.1 cm³/mol. The molecule has 23 heavy (non-hydrogen) atoms. The van der Waals surface area contributed by atoms with E-state index in [1.54, 1.807) is 0 Å². The van der Waals surface area contributed by atoms with Gasteiger partial charge >= 0.3 is 0 Å². The minimum absolute atomic E-state index is 0.507. The fourth-order valence-electron chi connectivity index (χ4n) is 2.67. The molecule has 0 aliphatic rings. The van der Waals surface area contributed by atoms with Crippen molar-refractivity contribution in [3.05, 3.63) is 35.7 Å². The molecular weight excluding hydrogens is 286 g/mol. The second-order valence-corrected chi connectivity index (χ2v) is 6.44. The molecule has 0 radical (unpaired) electrons. The average Bonchev–Trinajstić information content (AvgIpc) is 2.57. The van der Waals surface area contributed by atoms with Gasteiger partial charge in [0.15, 0.2) is 0 Å². The minimum atomic E-state index is -0.744. The van der Waals surface area contributed by atoms with Crippen molar-refractivity contribution >= 4 is 6.08 Å². The summed E-state index contributed by atoms with van der Waals surface area (Å²) in [6, 6.07) is 5.69. The van der Waals surface area contributed by atoms with E-state index < -0.39 is 11.7 Å². The molecule has 3 heteroatoms. The van der Waals surface area contributed by atoms with Crippen LogP contribution in [0.25, 0.3) is 6.08 Å². The fourth-order valence-corrected chi connectivity index (χ4v) is 2.67. The normalized spacial score (nSPS) is 13.6. The van der Waals surface area contributed by atoms with Crippen LogP contribution in [0.1, 0.15) is 89.6 Å². The molecule has 3 nitrogen and oxygen atoms in total. The second-order valence-electron chi connectivity index (χ2n) is 6.44. The predicted octanol–water partition coefficient (Wildman–Crippen LogP) is 5.04. The molecule has 0 aliphatic carbocycles. The second kappa shape index (κ2) is 10.6. The van der Waals surface area contributed by atoms with Crippen LogP contribution in [0.4, 0.5) is 0 Å². The molecule has 0 saturated heterocycles. The van der Waals surface area contributed by atoms with Crippen molar-refractivity contribution in [1.82, 2.24) is 4.98 Å². The molecule has 0 saturated carbocycles. The van der Waals surface area contributed by atoms with Gasteiger partial charge in [0.05, 0.1) is 23.1 Å². The Hall–Kier alpha value is -1.19. The lowest BCUT2D eigenvalue weighted by Crippen LogP contribution is -2.25. The Morgan fingerprint density at radius 1 is 1.09 bits per heavy atom. The molecule has 0 aromatic carbocycles. The van der Waals surface area contributed by atoms with Crippen LogP contribution in [0.2, 0.25) is 0 Å². The van der Waals surface area contributed by atoms with Crippen LogP contribution in [0.3, 0.4) is 0 Å². The Morgan fingerprint density at radius 3 is 2.30 bits per heavy atom. The molecule has 1 atom stereocenters. The van der Waals surface area contributed by atoms with E-state index in [-0.39, 0.29) is 0 Å². The molecule has 0 aliphatic heterocycles. The highest BCUT2D eigenvalue weighted by atomic mass is 16.3. The van der Waals surface area contributed by atoms with E-state index in [0.717, 1.165) is 57.1 Å². The summed E-state index contributed by atoms with van der Waals surface area (Å²) >= 11 is 0. The Kier molecular flexibility index (Phi) is 9.12. The number of rotatable bonds is 11. The van der Waals surface area contributed by atoms with Crippen LogP contribution < -0.4 is 0 Å². The van der Waals surface area contributed by atoms with Crippen molar-refractivity contribution in [2.24, 2.45) is 0 Å². The maximum atomic E-state index is 10.8. The molecule has 0 fully saturated rings. The summed E-state index contributed by atoms with van der Waals surface area (Å²) in [4.78, 5) is 4.51. The lowest BCUT2D eigenvalue weighted by Gasteiger charge is -2.24. The standard InChI is InChI=1S/C20H33NO2/c1-4-7-14-20(23,15-8-5-2)16-13-17-11-9-12-18(21-17)19(22)10-6-3/h9,11-13,16,19,22-23H,4-8,10,14-15H2,1-3H3/b16-13+/t19-/m1/s1. The third-order valence-electron chi connectivity index (χ3n) is 4.19. The van der Waals surface area contributed by atoms with Gasteiger partial charge in [-0.2, -0.15) is 0 Å². The zero-order valence-electron chi connectivity index (χ0n) is 15.0. The van der Waals surface area contributed by atoms with E-state index in [0.29, 0.717) is 5.69 Å². The Balaban J connectivity index is 2.84. The molecule has 0 bridgehead atoms. The van der Waals surface area contributed by atoms with Crippen LogP contribution in [-0.4, -0.2) is 20.8 Å². The fraction of sp³-hybridized carbons (Fsp3) is 0.650. The first kappa shape index (κ1) is 19.9. The van der Waals surface area contributed by atoms with Crippen LogP contribution >= 0.6 is 0 Å². The number of aliphatic hydroxyl groups excluding tert-OH is 1. The molecule has 1 rings (SSSR count). The molecule has 2 N–H and O–H groups in total. The van der Waals surface area contributed by atoms with Gasteiger partial charge in [-0.1, -0.05) is 65.0 Å². The van der Waals surface area contributed by atoms with Crippen molar-refractivity contribution < 1.29 is 10.2 Å². The summed E-state index contributed by atoms with van der Waals surface area (Å²) in [5.41, 5.74) is 0.759. The van der Waals surface area contributed by atoms with Gasteiger partial charge in [-0.25, -0.2) is 0 Å². The Bertz CT molecular complexity index is 462. The van der Waals surface area contributed by atoms with Gasteiger partial charge in [-0.3, -0.25) is 4.98 Å². The monoisotopic (exact) mass is 319 g/mol. The van der Waals surface area contributed by atoms with Crippen molar-refractivity contribution in [2.75, 3.05) is 0 Å². The summed E-state index contributed by atoms with van der Waals surface area (Å²) in [6.45, 7) is 6.34. The lowest BCUT2D eigenvalue weighted by atomic mass is 9.90. The highest BCUT2D eigenvalue weighted by Crippen LogP contribution is 2.24. The van der Waals surface area contributed by atoms with Crippen molar-refractivity contribution in [1.29, 1.82) is 0 Å². The molecule has 130 valence electrons. The van der Waals surface area contributed by atoms with Crippen molar-refractivity contribution in [3.63, 3.8) is 0 Å². The zero-order chi connectivity index (χ0) is 17.1. The number of aromatic nitrogens is 1. The third kappa shape index (κ3) is 7.28. The first-order valence-corrected chi connectivity index (χ1v) is 9.11. The average molecular weight is 319 g/mol.